The Balaban J connectivity index is 2.05. The van der Waals surface area contributed by atoms with Gasteiger partial charge in [-0.1, -0.05) is 35.0 Å². The summed E-state index contributed by atoms with van der Waals surface area (Å²) in [4.78, 5) is 12.2. The van der Waals surface area contributed by atoms with Crippen LogP contribution < -0.4 is 10.1 Å². The Bertz CT molecular complexity index is 616. The zero-order valence-electron chi connectivity index (χ0n) is 11.5. The van der Waals surface area contributed by atoms with E-state index in [2.05, 4.69) is 21.2 Å². The van der Waals surface area contributed by atoms with E-state index in [1.54, 1.807) is 24.3 Å². The SMILES string of the molecule is CC[C@@H](Oc1ccccc1F)C(=O)Nc1ccc(Br)cc1. The fraction of sp³-hybridized carbons (Fsp3) is 0.188. The number of halogens is 2. The number of nitrogens with one attached hydrogen (secondary N) is 1. The van der Waals surface area contributed by atoms with Crippen molar-refractivity contribution in [3.63, 3.8) is 0 Å². The third-order valence-corrected chi connectivity index (χ3v) is 3.41. The molecule has 0 saturated heterocycles. The highest BCUT2D eigenvalue weighted by atomic mass is 79.9. The van der Waals surface area contributed by atoms with Gasteiger partial charge in [0.05, 0.1) is 0 Å². The molecule has 5 heteroatoms. The van der Waals surface area contributed by atoms with Crippen molar-refractivity contribution in [3.8, 4) is 5.75 Å². The molecule has 0 aromatic heterocycles. The number of carbonyl (C=O) groups is 1. The molecule has 0 aliphatic rings. The van der Waals surface area contributed by atoms with Crippen LogP contribution in [0, 0.1) is 5.82 Å². The Labute approximate surface area is 131 Å². The van der Waals surface area contributed by atoms with Crippen LogP contribution >= 0.6 is 15.9 Å². The average molecular weight is 352 g/mol. The summed E-state index contributed by atoms with van der Waals surface area (Å²) in [6.45, 7) is 1.81. The van der Waals surface area contributed by atoms with Gasteiger partial charge in [-0.2, -0.15) is 0 Å². The van der Waals surface area contributed by atoms with E-state index in [9.17, 15) is 9.18 Å². The van der Waals surface area contributed by atoms with Crippen molar-refractivity contribution in [2.45, 2.75) is 19.4 Å². The van der Waals surface area contributed by atoms with Crippen molar-refractivity contribution in [3.05, 3.63) is 58.8 Å². The molecule has 2 rings (SSSR count). The molecule has 2 aromatic carbocycles. The number of hydrogen-bond acceptors (Lipinski definition) is 2. The summed E-state index contributed by atoms with van der Waals surface area (Å²) in [5.41, 5.74) is 0.666. The minimum atomic E-state index is -0.745. The Morgan fingerprint density at radius 3 is 2.52 bits per heavy atom. The number of para-hydroxylation sites is 1. The van der Waals surface area contributed by atoms with Crippen molar-refractivity contribution in [1.82, 2.24) is 0 Å². The zero-order chi connectivity index (χ0) is 15.2. The normalized spacial score (nSPS) is 11.8. The summed E-state index contributed by atoms with van der Waals surface area (Å²) in [6.07, 6.45) is -0.304. The lowest BCUT2D eigenvalue weighted by molar-refractivity contribution is -0.122. The van der Waals surface area contributed by atoms with Gasteiger partial charge in [0.2, 0.25) is 0 Å². The molecule has 0 spiro atoms. The van der Waals surface area contributed by atoms with Gasteiger partial charge >= 0.3 is 0 Å². The first kappa shape index (κ1) is 15.5. The molecule has 3 nitrogen and oxygen atoms in total. The molecule has 0 radical (unpaired) electrons. The highest BCUT2D eigenvalue weighted by molar-refractivity contribution is 9.10. The molecule has 0 unspecified atom stereocenters. The first-order chi connectivity index (χ1) is 10.1. The number of hydrogen-bond donors (Lipinski definition) is 1. The van der Waals surface area contributed by atoms with Crippen molar-refractivity contribution in [2.75, 3.05) is 5.32 Å². The van der Waals surface area contributed by atoms with E-state index in [1.165, 1.54) is 12.1 Å². The van der Waals surface area contributed by atoms with Gasteiger partial charge in [-0.05, 0) is 42.8 Å². The van der Waals surface area contributed by atoms with Crippen LogP contribution in [-0.2, 0) is 4.79 Å². The summed E-state index contributed by atoms with van der Waals surface area (Å²) in [7, 11) is 0. The summed E-state index contributed by atoms with van der Waals surface area (Å²) in [6, 6.07) is 13.3. The fourth-order valence-corrected chi connectivity index (χ4v) is 2.04. The van der Waals surface area contributed by atoms with Crippen LogP contribution in [0.25, 0.3) is 0 Å². The topological polar surface area (TPSA) is 38.3 Å². The standard InChI is InChI=1S/C16H15BrFNO2/c1-2-14(21-15-6-4-3-5-13(15)18)16(20)19-12-9-7-11(17)8-10-12/h3-10,14H,2H2,1H3,(H,19,20)/t14-/m1/s1. The molecule has 0 aliphatic heterocycles. The van der Waals surface area contributed by atoms with Gasteiger partial charge in [-0.15, -0.1) is 0 Å². The van der Waals surface area contributed by atoms with Crippen molar-refractivity contribution >= 4 is 27.5 Å². The highest BCUT2D eigenvalue weighted by Crippen LogP contribution is 2.19. The summed E-state index contributed by atoms with van der Waals surface area (Å²) >= 11 is 3.33. The van der Waals surface area contributed by atoms with Gasteiger partial charge in [-0.3, -0.25) is 4.79 Å². The number of benzene rings is 2. The minimum absolute atomic E-state index is 0.0790. The molecular formula is C16H15BrFNO2. The molecule has 0 saturated carbocycles. The largest absolute Gasteiger partial charge is 0.478 e. The third kappa shape index (κ3) is 4.29. The second-order valence-electron chi connectivity index (χ2n) is 4.44. The van der Waals surface area contributed by atoms with Gasteiger partial charge in [0, 0.05) is 10.2 Å². The van der Waals surface area contributed by atoms with Gasteiger partial charge in [0.25, 0.3) is 5.91 Å². The monoisotopic (exact) mass is 351 g/mol. The summed E-state index contributed by atoms with van der Waals surface area (Å²) in [5.74, 6) is -0.703. The predicted molar refractivity (Wildman–Crippen MR) is 83.9 cm³/mol. The van der Waals surface area contributed by atoms with Crippen LogP contribution in [0.15, 0.2) is 53.0 Å². The molecule has 0 heterocycles. The lowest BCUT2D eigenvalue weighted by atomic mass is 10.2. The second kappa shape index (κ2) is 7.22. The van der Waals surface area contributed by atoms with Crippen LogP contribution in [0.3, 0.4) is 0 Å². The Hall–Kier alpha value is -1.88. The number of ether oxygens (including phenoxy) is 1. The van der Waals surface area contributed by atoms with Crippen molar-refractivity contribution < 1.29 is 13.9 Å². The molecule has 110 valence electrons. The Kier molecular flexibility index (Phi) is 5.33. The highest BCUT2D eigenvalue weighted by Gasteiger charge is 2.19. The zero-order valence-corrected chi connectivity index (χ0v) is 13.1. The molecule has 0 aliphatic carbocycles. The quantitative estimate of drug-likeness (QED) is 0.867. The maximum atomic E-state index is 13.6. The van der Waals surface area contributed by atoms with Gasteiger partial charge in [0.15, 0.2) is 17.7 Å². The van der Waals surface area contributed by atoms with E-state index in [-0.39, 0.29) is 11.7 Å². The smallest absolute Gasteiger partial charge is 0.265 e. The van der Waals surface area contributed by atoms with Gasteiger partial charge in [-0.25, -0.2) is 4.39 Å². The predicted octanol–water partition coefficient (Wildman–Crippen LogP) is 4.38. The Morgan fingerprint density at radius 1 is 1.24 bits per heavy atom. The fourth-order valence-electron chi connectivity index (χ4n) is 1.77. The van der Waals surface area contributed by atoms with Crippen molar-refractivity contribution in [1.29, 1.82) is 0 Å². The number of amides is 1. The molecule has 0 fully saturated rings. The molecule has 1 N–H and O–H groups in total. The molecule has 0 bridgehead atoms. The van der Waals surface area contributed by atoms with E-state index in [4.69, 9.17) is 4.74 Å². The van der Waals surface area contributed by atoms with Crippen LogP contribution in [0.4, 0.5) is 10.1 Å². The van der Waals surface area contributed by atoms with E-state index < -0.39 is 11.9 Å². The number of rotatable bonds is 5. The van der Waals surface area contributed by atoms with E-state index in [0.29, 0.717) is 12.1 Å². The Morgan fingerprint density at radius 2 is 1.90 bits per heavy atom. The van der Waals surface area contributed by atoms with E-state index >= 15 is 0 Å². The van der Waals surface area contributed by atoms with Crippen molar-refractivity contribution in [2.24, 2.45) is 0 Å². The minimum Gasteiger partial charge on any atom is -0.478 e. The maximum Gasteiger partial charge on any atom is 0.265 e. The maximum absolute atomic E-state index is 13.6. The average Bonchev–Trinajstić information content (AvgIpc) is 2.48. The van der Waals surface area contributed by atoms with E-state index in [1.807, 2.05) is 19.1 Å². The lowest BCUT2D eigenvalue weighted by Gasteiger charge is -2.17. The molecular weight excluding hydrogens is 337 g/mol. The molecule has 1 amide bonds. The van der Waals surface area contributed by atoms with Gasteiger partial charge < -0.3 is 10.1 Å². The molecule has 1 atom stereocenters. The van der Waals surface area contributed by atoms with Crippen LogP contribution in [-0.4, -0.2) is 12.0 Å². The summed E-state index contributed by atoms with van der Waals surface area (Å²) < 4.78 is 19.9. The second-order valence-corrected chi connectivity index (χ2v) is 5.36. The first-order valence-corrected chi connectivity index (χ1v) is 7.37. The summed E-state index contributed by atoms with van der Waals surface area (Å²) in [5, 5.41) is 2.75. The third-order valence-electron chi connectivity index (χ3n) is 2.88. The van der Waals surface area contributed by atoms with Crippen LogP contribution in [0.5, 0.6) is 5.75 Å². The van der Waals surface area contributed by atoms with E-state index in [0.717, 1.165) is 4.47 Å². The molecule has 21 heavy (non-hydrogen) atoms. The van der Waals surface area contributed by atoms with Crippen LogP contribution in [0.2, 0.25) is 0 Å². The molecule has 2 aromatic rings. The number of anilines is 1. The first-order valence-electron chi connectivity index (χ1n) is 6.57. The van der Waals surface area contributed by atoms with Gasteiger partial charge in [0.1, 0.15) is 0 Å². The lowest BCUT2D eigenvalue weighted by Crippen LogP contribution is -2.32. The van der Waals surface area contributed by atoms with Crippen LogP contribution in [0.1, 0.15) is 13.3 Å². The number of carbonyl (C=O) groups excluding carboxylic acids is 1.